The Morgan fingerprint density at radius 2 is 1.95 bits per heavy atom. The van der Waals surface area contributed by atoms with E-state index in [0.29, 0.717) is 24.6 Å². The molecule has 0 spiro atoms. The summed E-state index contributed by atoms with van der Waals surface area (Å²) in [5.74, 6) is 1.38. The van der Waals surface area contributed by atoms with E-state index in [9.17, 15) is 5.11 Å². The highest BCUT2D eigenvalue weighted by Crippen LogP contribution is 2.46. The number of rotatable bonds is 3. The van der Waals surface area contributed by atoms with Gasteiger partial charge >= 0.3 is 0 Å². The van der Waals surface area contributed by atoms with Crippen LogP contribution >= 0.6 is 0 Å². The van der Waals surface area contributed by atoms with Crippen LogP contribution in [0.3, 0.4) is 0 Å². The van der Waals surface area contributed by atoms with Gasteiger partial charge in [-0.1, -0.05) is 37.5 Å². The smallest absolute Gasteiger partial charge is 0.0593 e. The van der Waals surface area contributed by atoms with E-state index in [2.05, 4.69) is 34.5 Å². The summed E-state index contributed by atoms with van der Waals surface area (Å²) in [6, 6.07) is 9.54. The molecule has 0 amide bonds. The van der Waals surface area contributed by atoms with E-state index in [1.54, 1.807) is 0 Å². The van der Waals surface area contributed by atoms with Gasteiger partial charge in [-0.25, -0.2) is 0 Å². The summed E-state index contributed by atoms with van der Waals surface area (Å²) in [7, 11) is 0. The van der Waals surface area contributed by atoms with Crippen molar-refractivity contribution in [3.63, 3.8) is 0 Å². The van der Waals surface area contributed by atoms with E-state index < -0.39 is 0 Å². The van der Waals surface area contributed by atoms with E-state index in [1.807, 2.05) is 0 Å². The largest absolute Gasteiger partial charge is 0.395 e. The third-order valence-corrected chi connectivity index (χ3v) is 5.88. The Morgan fingerprint density at radius 3 is 2.76 bits per heavy atom. The lowest BCUT2D eigenvalue weighted by Gasteiger charge is -2.58. The summed E-state index contributed by atoms with van der Waals surface area (Å²) < 4.78 is 0. The summed E-state index contributed by atoms with van der Waals surface area (Å²) in [5.41, 5.74) is 2.68. The molecule has 0 radical (unpaired) electrons. The van der Waals surface area contributed by atoms with Gasteiger partial charge in [0, 0.05) is 36.8 Å². The molecule has 1 saturated heterocycles. The quantitative estimate of drug-likeness (QED) is 0.897. The molecule has 2 heterocycles. The van der Waals surface area contributed by atoms with Crippen molar-refractivity contribution in [3.05, 3.63) is 29.8 Å². The number of fused-ring (bicyclic) bond motifs is 3. The Kier molecular flexibility index (Phi) is 3.64. The highest BCUT2D eigenvalue weighted by atomic mass is 16.3. The molecule has 1 saturated carbocycles. The second-order valence-corrected chi connectivity index (χ2v) is 7.01. The third kappa shape index (κ3) is 2.27. The molecule has 2 N–H and O–H groups in total. The minimum atomic E-state index is 0.294. The highest BCUT2D eigenvalue weighted by Gasteiger charge is 2.51. The lowest BCUT2D eigenvalue weighted by atomic mass is 9.71. The molecule has 0 unspecified atom stereocenters. The summed E-state index contributed by atoms with van der Waals surface area (Å²) in [4.78, 5) is 2.59. The Labute approximate surface area is 127 Å². The van der Waals surface area contributed by atoms with Gasteiger partial charge in [0.2, 0.25) is 0 Å². The number of likely N-dealkylation sites (tertiary alicyclic amines) is 1. The SMILES string of the molecule is OC[C@H]1[C@@H]2c3ccccc3NC[C@@H]2N1CC1CCCCC1. The average molecular weight is 286 g/mol. The Hall–Kier alpha value is -1.06. The Morgan fingerprint density at radius 1 is 1.14 bits per heavy atom. The van der Waals surface area contributed by atoms with Gasteiger partial charge in [0.05, 0.1) is 6.61 Å². The van der Waals surface area contributed by atoms with Crippen molar-refractivity contribution in [2.75, 3.05) is 25.0 Å². The number of aliphatic hydroxyl groups is 1. The fraction of sp³-hybridized carbons (Fsp3) is 0.667. The molecule has 4 rings (SSSR count). The molecule has 2 aliphatic heterocycles. The van der Waals surface area contributed by atoms with E-state index in [-0.39, 0.29) is 0 Å². The van der Waals surface area contributed by atoms with Crippen molar-refractivity contribution in [2.45, 2.75) is 50.1 Å². The standard InChI is InChI=1S/C18H26N2O/c21-12-17-18-14-8-4-5-9-15(14)19-10-16(18)20(17)11-13-6-2-1-3-7-13/h4-5,8-9,13,16-19,21H,1-3,6-7,10-12H2/t16-,17-,18+/m0/s1. The molecule has 3 aliphatic rings. The molecule has 0 aromatic heterocycles. The van der Waals surface area contributed by atoms with Gasteiger partial charge in [-0.05, 0) is 30.4 Å². The van der Waals surface area contributed by atoms with Crippen molar-refractivity contribution >= 4 is 5.69 Å². The van der Waals surface area contributed by atoms with Gasteiger partial charge in [0.1, 0.15) is 0 Å². The molecule has 1 aromatic carbocycles. The number of hydrogen-bond acceptors (Lipinski definition) is 3. The molecule has 21 heavy (non-hydrogen) atoms. The monoisotopic (exact) mass is 286 g/mol. The van der Waals surface area contributed by atoms with E-state index >= 15 is 0 Å². The predicted octanol–water partition coefficient (Wildman–Crippen LogP) is 2.82. The summed E-state index contributed by atoms with van der Waals surface area (Å²) in [5, 5.41) is 13.5. The molecule has 3 nitrogen and oxygen atoms in total. The van der Waals surface area contributed by atoms with Gasteiger partial charge in [-0.2, -0.15) is 0 Å². The van der Waals surface area contributed by atoms with Crippen molar-refractivity contribution < 1.29 is 5.11 Å². The zero-order valence-electron chi connectivity index (χ0n) is 12.7. The topological polar surface area (TPSA) is 35.5 Å². The van der Waals surface area contributed by atoms with E-state index in [0.717, 1.165) is 12.5 Å². The predicted molar refractivity (Wildman–Crippen MR) is 85.6 cm³/mol. The summed E-state index contributed by atoms with van der Waals surface area (Å²) in [6.45, 7) is 2.52. The van der Waals surface area contributed by atoms with Crippen LogP contribution in [0.25, 0.3) is 0 Å². The first kappa shape index (κ1) is 13.6. The maximum atomic E-state index is 9.89. The van der Waals surface area contributed by atoms with Crippen LogP contribution in [0, 0.1) is 5.92 Å². The normalized spacial score (nSPS) is 32.7. The maximum absolute atomic E-state index is 9.89. The van der Waals surface area contributed by atoms with Crippen LogP contribution in [0.15, 0.2) is 24.3 Å². The number of nitrogens with one attached hydrogen (secondary N) is 1. The molecule has 3 heteroatoms. The van der Waals surface area contributed by atoms with E-state index in [1.165, 1.54) is 49.9 Å². The van der Waals surface area contributed by atoms with Gasteiger partial charge in [0.15, 0.2) is 0 Å². The lowest BCUT2D eigenvalue weighted by molar-refractivity contribution is -0.0519. The zero-order valence-corrected chi connectivity index (χ0v) is 12.7. The van der Waals surface area contributed by atoms with Crippen LogP contribution in [-0.2, 0) is 0 Å². The molecule has 3 atom stereocenters. The molecule has 114 valence electrons. The second kappa shape index (κ2) is 5.62. The lowest BCUT2D eigenvalue weighted by Crippen LogP contribution is -2.68. The van der Waals surface area contributed by atoms with Crippen LogP contribution in [0.2, 0.25) is 0 Å². The van der Waals surface area contributed by atoms with Crippen LogP contribution in [0.1, 0.15) is 43.6 Å². The molecule has 1 aliphatic carbocycles. The fourth-order valence-electron chi connectivity index (χ4n) is 4.79. The summed E-state index contributed by atoms with van der Waals surface area (Å²) in [6.07, 6.45) is 6.99. The minimum Gasteiger partial charge on any atom is -0.395 e. The number of nitrogens with zero attached hydrogens (tertiary/aromatic N) is 1. The van der Waals surface area contributed by atoms with Gasteiger partial charge < -0.3 is 10.4 Å². The molecule has 2 fully saturated rings. The number of aliphatic hydroxyl groups excluding tert-OH is 1. The maximum Gasteiger partial charge on any atom is 0.0593 e. The molecular weight excluding hydrogens is 260 g/mol. The number of para-hydroxylation sites is 1. The average Bonchev–Trinajstić information content (AvgIpc) is 2.54. The van der Waals surface area contributed by atoms with Crippen molar-refractivity contribution in [1.82, 2.24) is 4.90 Å². The van der Waals surface area contributed by atoms with Crippen molar-refractivity contribution in [3.8, 4) is 0 Å². The van der Waals surface area contributed by atoms with Gasteiger partial charge in [-0.15, -0.1) is 0 Å². The van der Waals surface area contributed by atoms with Crippen LogP contribution in [0.5, 0.6) is 0 Å². The number of benzene rings is 1. The van der Waals surface area contributed by atoms with Crippen molar-refractivity contribution in [1.29, 1.82) is 0 Å². The van der Waals surface area contributed by atoms with Gasteiger partial charge in [-0.3, -0.25) is 4.90 Å². The van der Waals surface area contributed by atoms with Crippen LogP contribution in [0.4, 0.5) is 5.69 Å². The highest BCUT2D eigenvalue weighted by molar-refractivity contribution is 5.57. The molecule has 1 aromatic rings. The van der Waals surface area contributed by atoms with Crippen LogP contribution < -0.4 is 5.32 Å². The third-order valence-electron chi connectivity index (χ3n) is 5.88. The first-order valence-corrected chi connectivity index (χ1v) is 8.58. The Bertz CT molecular complexity index is 498. The fourth-order valence-corrected chi connectivity index (χ4v) is 4.79. The second-order valence-electron chi connectivity index (χ2n) is 7.01. The number of anilines is 1. The van der Waals surface area contributed by atoms with Crippen LogP contribution in [-0.4, -0.2) is 41.8 Å². The molecule has 0 bridgehead atoms. The summed E-state index contributed by atoms with van der Waals surface area (Å²) >= 11 is 0. The molecular formula is C18H26N2O. The minimum absolute atomic E-state index is 0.294. The first-order chi connectivity index (χ1) is 10.4. The first-order valence-electron chi connectivity index (χ1n) is 8.58. The zero-order chi connectivity index (χ0) is 14.2. The van der Waals surface area contributed by atoms with Gasteiger partial charge in [0.25, 0.3) is 0 Å². The number of hydrogen-bond donors (Lipinski definition) is 2. The van der Waals surface area contributed by atoms with Crippen molar-refractivity contribution in [2.24, 2.45) is 5.92 Å². The van der Waals surface area contributed by atoms with E-state index in [4.69, 9.17) is 0 Å². The Balaban J connectivity index is 1.51.